The topological polar surface area (TPSA) is 129 Å². The molecular formula is C30H35FN4O5S. The summed E-state index contributed by atoms with van der Waals surface area (Å²) >= 11 is 0. The standard InChI is InChI=1S/C30H35FN4O5S/c1-20(2)16-27(34-41(39,40)24-11-9-23(31)10-12-24)30(38)33-26-13-15-35(19-28(26)36)29(37)18-21-6-5-7-22(17-21)25-8-3-4-14-32-25/h3-12,14,17,20,26-28,34,36H,13,15-16,18-19H2,1-2H3,(H,33,38)/t26?,27-,28?/m0/s1. The van der Waals surface area contributed by atoms with Gasteiger partial charge in [0.1, 0.15) is 11.9 Å². The minimum Gasteiger partial charge on any atom is -0.389 e. The van der Waals surface area contributed by atoms with E-state index in [9.17, 15) is 27.5 Å². The number of hydrogen-bond donors (Lipinski definition) is 3. The number of amides is 2. The number of hydrogen-bond acceptors (Lipinski definition) is 6. The Kier molecular flexibility index (Phi) is 9.85. The number of halogens is 1. The van der Waals surface area contributed by atoms with Crippen molar-refractivity contribution in [3.05, 3.63) is 84.3 Å². The van der Waals surface area contributed by atoms with Crippen molar-refractivity contribution in [2.24, 2.45) is 5.92 Å². The van der Waals surface area contributed by atoms with Crippen molar-refractivity contribution in [2.75, 3.05) is 13.1 Å². The molecule has 0 radical (unpaired) electrons. The number of nitrogens with zero attached hydrogens (tertiary/aromatic N) is 2. The summed E-state index contributed by atoms with van der Waals surface area (Å²) in [5.41, 5.74) is 2.54. The summed E-state index contributed by atoms with van der Waals surface area (Å²) in [6, 6.07) is 15.8. The van der Waals surface area contributed by atoms with E-state index < -0.39 is 39.9 Å². The van der Waals surface area contributed by atoms with Gasteiger partial charge < -0.3 is 15.3 Å². The molecule has 11 heteroatoms. The van der Waals surface area contributed by atoms with Gasteiger partial charge in [0, 0.05) is 24.8 Å². The van der Waals surface area contributed by atoms with Gasteiger partial charge in [0.05, 0.1) is 29.2 Å². The lowest BCUT2D eigenvalue weighted by atomic mass is 9.98. The largest absolute Gasteiger partial charge is 0.389 e. The van der Waals surface area contributed by atoms with E-state index in [0.717, 1.165) is 41.1 Å². The fraction of sp³-hybridized carbons (Fsp3) is 0.367. The maximum atomic E-state index is 13.3. The third-order valence-electron chi connectivity index (χ3n) is 6.95. The minimum absolute atomic E-state index is 0.0118. The lowest BCUT2D eigenvalue weighted by Crippen LogP contribution is -2.58. The van der Waals surface area contributed by atoms with E-state index in [1.54, 1.807) is 11.1 Å². The molecule has 4 rings (SSSR count). The molecule has 3 N–H and O–H groups in total. The number of benzene rings is 2. The second kappa shape index (κ2) is 13.3. The number of aromatic nitrogens is 1. The first-order chi connectivity index (χ1) is 19.5. The van der Waals surface area contributed by atoms with E-state index in [1.807, 2.05) is 56.3 Å². The molecule has 3 atom stereocenters. The molecule has 41 heavy (non-hydrogen) atoms. The van der Waals surface area contributed by atoms with Crippen molar-refractivity contribution < 1.29 is 27.5 Å². The molecule has 3 aromatic rings. The Hall–Kier alpha value is -3.67. The molecule has 2 aromatic carbocycles. The molecule has 0 aliphatic carbocycles. The fourth-order valence-corrected chi connectivity index (χ4v) is 6.03. The number of aliphatic hydroxyl groups excluding tert-OH is 1. The second-order valence-corrected chi connectivity index (χ2v) is 12.4. The van der Waals surface area contributed by atoms with Crippen LogP contribution < -0.4 is 10.0 Å². The van der Waals surface area contributed by atoms with Crippen molar-refractivity contribution in [1.29, 1.82) is 0 Å². The summed E-state index contributed by atoms with van der Waals surface area (Å²) in [7, 11) is -4.09. The van der Waals surface area contributed by atoms with Crippen molar-refractivity contribution in [2.45, 2.75) is 56.2 Å². The Labute approximate surface area is 239 Å². The van der Waals surface area contributed by atoms with Gasteiger partial charge in [-0.15, -0.1) is 0 Å². The summed E-state index contributed by atoms with van der Waals surface area (Å²) in [6.07, 6.45) is 1.38. The normalized spacial score (nSPS) is 18.2. The van der Waals surface area contributed by atoms with Crippen LogP contribution in [0.2, 0.25) is 0 Å². The average Bonchev–Trinajstić information content (AvgIpc) is 2.94. The van der Waals surface area contributed by atoms with Crippen LogP contribution >= 0.6 is 0 Å². The molecule has 1 aliphatic heterocycles. The first-order valence-electron chi connectivity index (χ1n) is 13.6. The molecular weight excluding hydrogens is 547 g/mol. The van der Waals surface area contributed by atoms with Crippen LogP contribution in [0.4, 0.5) is 4.39 Å². The molecule has 2 unspecified atom stereocenters. The molecule has 0 spiro atoms. The second-order valence-electron chi connectivity index (χ2n) is 10.7. The van der Waals surface area contributed by atoms with E-state index in [2.05, 4.69) is 15.0 Å². The smallest absolute Gasteiger partial charge is 0.241 e. The molecule has 0 bridgehead atoms. The number of β-amino-alcohol motifs (C(OH)–C–C–N with tert-alkyl or cyclic N) is 1. The number of piperidine rings is 1. The van der Waals surface area contributed by atoms with Crippen LogP contribution in [0.3, 0.4) is 0 Å². The molecule has 1 saturated heterocycles. The highest BCUT2D eigenvalue weighted by molar-refractivity contribution is 7.89. The third-order valence-corrected chi connectivity index (χ3v) is 8.44. The number of pyridine rings is 1. The summed E-state index contributed by atoms with van der Waals surface area (Å²) in [5.74, 6) is -1.30. The predicted octanol–water partition coefficient (Wildman–Crippen LogP) is 2.90. The number of sulfonamides is 1. The maximum absolute atomic E-state index is 13.3. The summed E-state index contributed by atoms with van der Waals surface area (Å²) < 4.78 is 41.4. The summed E-state index contributed by atoms with van der Waals surface area (Å²) in [5, 5.41) is 13.6. The summed E-state index contributed by atoms with van der Waals surface area (Å²) in [6.45, 7) is 4.09. The van der Waals surface area contributed by atoms with Crippen molar-refractivity contribution in [3.8, 4) is 11.3 Å². The van der Waals surface area contributed by atoms with Gasteiger partial charge in [0.2, 0.25) is 21.8 Å². The van der Waals surface area contributed by atoms with E-state index in [0.29, 0.717) is 13.0 Å². The highest BCUT2D eigenvalue weighted by Gasteiger charge is 2.34. The maximum Gasteiger partial charge on any atom is 0.241 e. The van der Waals surface area contributed by atoms with Crippen molar-refractivity contribution in [1.82, 2.24) is 19.9 Å². The zero-order valence-corrected chi connectivity index (χ0v) is 23.9. The predicted molar refractivity (Wildman–Crippen MR) is 152 cm³/mol. The van der Waals surface area contributed by atoms with E-state index in [4.69, 9.17) is 0 Å². The SMILES string of the molecule is CC(C)C[C@H](NS(=O)(=O)c1ccc(F)cc1)C(=O)NC1CCN(C(=O)Cc2cccc(-c3ccccn3)c2)CC1O. The quantitative estimate of drug-likeness (QED) is 0.337. The Morgan fingerprint density at radius 3 is 2.51 bits per heavy atom. The molecule has 0 saturated carbocycles. The van der Waals surface area contributed by atoms with Crippen LogP contribution in [0.15, 0.2) is 77.8 Å². The van der Waals surface area contributed by atoms with Gasteiger partial charge in [-0.1, -0.05) is 38.1 Å². The minimum atomic E-state index is -4.09. The first-order valence-corrected chi connectivity index (χ1v) is 15.0. The Bertz CT molecular complexity index is 1450. The van der Waals surface area contributed by atoms with Crippen LogP contribution in [-0.2, 0) is 26.0 Å². The van der Waals surface area contributed by atoms with Crippen LogP contribution in [0.1, 0.15) is 32.3 Å². The molecule has 1 fully saturated rings. The molecule has 2 amide bonds. The summed E-state index contributed by atoms with van der Waals surface area (Å²) in [4.78, 5) is 32.0. The monoisotopic (exact) mass is 582 g/mol. The third kappa shape index (κ3) is 8.18. The molecule has 9 nitrogen and oxygen atoms in total. The van der Waals surface area contributed by atoms with Gasteiger partial charge in [-0.25, -0.2) is 12.8 Å². The highest BCUT2D eigenvalue weighted by atomic mass is 32.2. The number of carbonyl (C=O) groups excluding carboxylic acids is 2. The van der Waals surface area contributed by atoms with Crippen LogP contribution in [0.5, 0.6) is 0 Å². The van der Waals surface area contributed by atoms with E-state index in [1.165, 1.54) is 0 Å². The first kappa shape index (κ1) is 30.3. The lowest BCUT2D eigenvalue weighted by Gasteiger charge is -2.37. The van der Waals surface area contributed by atoms with Gasteiger partial charge in [-0.2, -0.15) is 4.72 Å². The lowest BCUT2D eigenvalue weighted by molar-refractivity contribution is -0.134. The Morgan fingerprint density at radius 2 is 1.85 bits per heavy atom. The van der Waals surface area contributed by atoms with Crippen LogP contribution in [0.25, 0.3) is 11.3 Å². The number of aliphatic hydroxyl groups is 1. The van der Waals surface area contributed by atoms with Crippen LogP contribution in [0, 0.1) is 11.7 Å². The Balaban J connectivity index is 1.35. The number of nitrogens with one attached hydrogen (secondary N) is 2. The van der Waals surface area contributed by atoms with Crippen molar-refractivity contribution >= 4 is 21.8 Å². The zero-order valence-electron chi connectivity index (χ0n) is 23.0. The zero-order chi connectivity index (χ0) is 29.6. The van der Waals surface area contributed by atoms with E-state index >= 15 is 0 Å². The Morgan fingerprint density at radius 1 is 1.10 bits per heavy atom. The van der Waals surface area contributed by atoms with Gasteiger partial charge in [-0.05, 0) is 66.8 Å². The molecule has 218 valence electrons. The van der Waals surface area contributed by atoms with Gasteiger partial charge >= 0.3 is 0 Å². The van der Waals surface area contributed by atoms with Crippen LogP contribution in [-0.4, -0.2) is 66.5 Å². The number of carbonyl (C=O) groups is 2. The van der Waals surface area contributed by atoms with Gasteiger partial charge in [-0.3, -0.25) is 14.6 Å². The average molecular weight is 583 g/mol. The van der Waals surface area contributed by atoms with Gasteiger partial charge in [0.15, 0.2) is 0 Å². The molecule has 1 aromatic heterocycles. The fourth-order valence-electron chi connectivity index (χ4n) is 4.82. The molecule has 2 heterocycles. The van der Waals surface area contributed by atoms with Crippen molar-refractivity contribution in [3.63, 3.8) is 0 Å². The molecule has 1 aliphatic rings. The van der Waals surface area contributed by atoms with E-state index in [-0.39, 0.29) is 36.1 Å². The highest BCUT2D eigenvalue weighted by Crippen LogP contribution is 2.20. The number of rotatable bonds is 10. The van der Waals surface area contributed by atoms with Gasteiger partial charge in [0.25, 0.3) is 0 Å². The number of likely N-dealkylation sites (tertiary alicyclic amines) is 1.